The maximum absolute atomic E-state index is 14.6. The summed E-state index contributed by atoms with van der Waals surface area (Å²) >= 11 is 0. The average molecular weight is 1080 g/mol. The number of nitrogens with zero attached hydrogens (tertiary/aromatic N) is 2. The SMILES string of the molecule is CO[C@H]1C[C@@H]2CC[C@@H](C)[C@@](O)(O2)C(=O)C(=O)N2CCCC[C@H]2C(=O)O[C@H]([C@H](C)CC2CC[C@H](OC(=O)NCc3ccccn3)[C@@H](OC)C2)CC(=O)[C@H](C)/C=C(\C)[C@@H](O)[C@@H](OC)C(=O)[C@H](C)C[C@H](C)\C=C/C=C/C=C/1C.Cl. The Morgan fingerprint density at radius 1 is 0.895 bits per heavy atom. The summed E-state index contributed by atoms with van der Waals surface area (Å²) in [5.41, 5.74) is 1.92. The molecule has 1 unspecified atom stereocenters. The van der Waals surface area contributed by atoms with Crippen LogP contribution in [0.4, 0.5) is 4.79 Å². The predicted molar refractivity (Wildman–Crippen MR) is 288 cm³/mol. The first-order chi connectivity index (χ1) is 35.7. The number of methoxy groups -OCH3 is 3. The Balaban J connectivity index is 0.0000125. The fourth-order valence-corrected chi connectivity index (χ4v) is 11.1. The number of allylic oxidation sites excluding steroid dienone is 6. The van der Waals surface area contributed by atoms with E-state index in [9.17, 15) is 39.0 Å². The number of esters is 1. The molecule has 4 heterocycles. The van der Waals surface area contributed by atoms with Crippen molar-refractivity contribution in [1.82, 2.24) is 15.2 Å². The lowest BCUT2D eigenvalue weighted by Crippen LogP contribution is -2.61. The summed E-state index contributed by atoms with van der Waals surface area (Å²) in [6.45, 7) is 12.9. The number of Topliss-reactive ketones (excluding diaryl/α,β-unsaturated/α-hetero) is 3. The molecular formula is C58H86ClN3O14. The molecule has 4 aliphatic rings. The second-order valence-corrected chi connectivity index (χ2v) is 21.6. The molecule has 0 radical (unpaired) electrons. The molecule has 2 bridgehead atoms. The molecule has 15 atom stereocenters. The lowest BCUT2D eigenvalue weighted by Gasteiger charge is -2.42. The molecule has 0 aromatic carbocycles. The number of ketones is 3. The van der Waals surface area contributed by atoms with Gasteiger partial charge in [-0.2, -0.15) is 0 Å². The molecule has 18 heteroatoms. The van der Waals surface area contributed by atoms with E-state index in [-0.39, 0.29) is 61.7 Å². The number of carbonyl (C=O) groups is 6. The third kappa shape index (κ3) is 17.4. The third-order valence-electron chi connectivity index (χ3n) is 15.9. The molecule has 1 aromatic rings. The Kier molecular flexibility index (Phi) is 25.7. The average Bonchev–Trinajstić information content (AvgIpc) is 3.40. The summed E-state index contributed by atoms with van der Waals surface area (Å²) < 4.78 is 35.6. The van der Waals surface area contributed by atoms with Crippen LogP contribution in [-0.2, 0) is 58.9 Å². The summed E-state index contributed by atoms with van der Waals surface area (Å²) in [5, 5.41) is 26.3. The topological polar surface area (TPSA) is 226 Å². The van der Waals surface area contributed by atoms with E-state index in [1.807, 2.05) is 64.1 Å². The molecular weight excluding hydrogens is 998 g/mol. The number of nitrogens with one attached hydrogen (secondary N) is 1. The molecule has 2 saturated heterocycles. The van der Waals surface area contributed by atoms with Crippen LogP contribution in [0.2, 0.25) is 0 Å². The van der Waals surface area contributed by atoms with Gasteiger partial charge in [0, 0.05) is 64.7 Å². The number of aliphatic hydroxyl groups excluding tert-OH is 1. The van der Waals surface area contributed by atoms with Gasteiger partial charge in [0.15, 0.2) is 5.78 Å². The first-order valence-electron chi connectivity index (χ1n) is 27.0. The van der Waals surface area contributed by atoms with Crippen LogP contribution in [0.15, 0.2) is 72.0 Å². The maximum atomic E-state index is 14.6. The van der Waals surface area contributed by atoms with Crippen LogP contribution >= 0.6 is 12.4 Å². The fraction of sp³-hybridized carbons (Fsp3) is 0.672. The highest BCUT2D eigenvalue weighted by Crippen LogP contribution is 2.38. The van der Waals surface area contributed by atoms with Crippen LogP contribution in [0.1, 0.15) is 131 Å². The monoisotopic (exact) mass is 1080 g/mol. The standard InChI is InChI=1S/C58H85N3O14.ClH/c1-35-18-12-11-13-19-36(2)48(70-8)32-44-24-22-41(7)58(69,75-44)54(65)55(66)61-27-17-15-21-45(61)56(67)73-49(33-46(62)37(3)29-40(6)52(64)53(72-10)51(63)39(5)28-35)38(4)30-42-23-25-47(50(31-42)71-9)74-57(68)60-34-43-20-14-16-26-59-43;/h11-14,16,18-20,26,29,35,37-39,41-42,44-45,47-50,52-53,64,69H,15,17,21-25,27-28,30-34H2,1-10H3,(H,60,68);1H/b13-11+,18-12-,36-19+,40-29+;/t35-,37-,38-,39-,41-,42?,44+,45+,47+,48+,49+,50+,52-,53+,58-;/m1./s1. The molecule has 3 fully saturated rings. The lowest BCUT2D eigenvalue weighted by molar-refractivity contribution is -0.265. The smallest absolute Gasteiger partial charge is 0.407 e. The van der Waals surface area contributed by atoms with Crippen molar-refractivity contribution < 1.29 is 67.4 Å². The van der Waals surface area contributed by atoms with Crippen LogP contribution in [0.25, 0.3) is 0 Å². The highest BCUT2D eigenvalue weighted by Gasteiger charge is 2.53. The maximum Gasteiger partial charge on any atom is 0.407 e. The fourth-order valence-electron chi connectivity index (χ4n) is 11.1. The van der Waals surface area contributed by atoms with Crippen LogP contribution in [-0.4, -0.2) is 138 Å². The van der Waals surface area contributed by atoms with Gasteiger partial charge in [0.2, 0.25) is 5.79 Å². The number of hydrogen-bond donors (Lipinski definition) is 3. The van der Waals surface area contributed by atoms with E-state index >= 15 is 0 Å². The van der Waals surface area contributed by atoms with Crippen molar-refractivity contribution >= 4 is 47.7 Å². The Labute approximate surface area is 456 Å². The van der Waals surface area contributed by atoms with Gasteiger partial charge in [-0.15, -0.1) is 12.4 Å². The van der Waals surface area contributed by atoms with Crippen molar-refractivity contribution in [2.24, 2.45) is 35.5 Å². The molecule has 424 valence electrons. The van der Waals surface area contributed by atoms with Gasteiger partial charge in [0.1, 0.15) is 36.2 Å². The number of cyclic esters (lactones) is 1. The number of piperidine rings is 1. The van der Waals surface area contributed by atoms with Crippen LogP contribution in [0, 0.1) is 35.5 Å². The van der Waals surface area contributed by atoms with Gasteiger partial charge in [-0.05, 0) is 119 Å². The van der Waals surface area contributed by atoms with Gasteiger partial charge in [-0.1, -0.05) is 77.1 Å². The highest BCUT2D eigenvalue weighted by molar-refractivity contribution is 6.39. The number of aromatic nitrogens is 1. The molecule has 3 aliphatic heterocycles. The largest absolute Gasteiger partial charge is 0.460 e. The molecule has 1 aromatic heterocycles. The lowest BCUT2D eigenvalue weighted by atomic mass is 9.78. The molecule has 0 spiro atoms. The molecule has 76 heavy (non-hydrogen) atoms. The first kappa shape index (κ1) is 63.9. The first-order valence-corrected chi connectivity index (χ1v) is 27.0. The Bertz CT molecular complexity index is 2220. The molecule has 1 saturated carbocycles. The summed E-state index contributed by atoms with van der Waals surface area (Å²) in [6, 6.07) is 4.24. The summed E-state index contributed by atoms with van der Waals surface area (Å²) in [7, 11) is 4.51. The van der Waals surface area contributed by atoms with E-state index in [1.54, 1.807) is 59.4 Å². The van der Waals surface area contributed by atoms with Crippen molar-refractivity contribution in [3.63, 3.8) is 0 Å². The molecule has 1 aliphatic carbocycles. The zero-order valence-electron chi connectivity index (χ0n) is 46.4. The molecule has 5 rings (SSSR count). The normalized spacial score (nSPS) is 35.9. The van der Waals surface area contributed by atoms with Crippen molar-refractivity contribution in [3.05, 3.63) is 77.7 Å². The van der Waals surface area contributed by atoms with Crippen molar-refractivity contribution in [1.29, 1.82) is 0 Å². The Hall–Kier alpha value is -4.62. The summed E-state index contributed by atoms with van der Waals surface area (Å²) in [5.74, 6) is -8.36. The number of rotatable bonds is 9. The molecule has 17 nitrogen and oxygen atoms in total. The minimum absolute atomic E-state index is 0. The Morgan fingerprint density at radius 3 is 2.33 bits per heavy atom. The number of amides is 2. The number of halogens is 1. The van der Waals surface area contributed by atoms with Gasteiger partial charge in [0.25, 0.3) is 11.7 Å². The van der Waals surface area contributed by atoms with E-state index in [0.717, 1.165) is 5.57 Å². The predicted octanol–water partition coefficient (Wildman–Crippen LogP) is 7.93. The number of alkyl carbamates (subject to hydrolysis) is 1. The number of pyridine rings is 1. The van der Waals surface area contributed by atoms with Crippen molar-refractivity contribution in [2.75, 3.05) is 27.9 Å². The van der Waals surface area contributed by atoms with E-state index < -0.39 is 102 Å². The number of fused-ring (bicyclic) bond motifs is 3. The van der Waals surface area contributed by atoms with Crippen LogP contribution in [0.3, 0.4) is 0 Å². The number of ether oxygens (including phenoxy) is 6. The molecule has 2 amide bonds. The van der Waals surface area contributed by atoms with Gasteiger partial charge in [-0.25, -0.2) is 9.59 Å². The third-order valence-corrected chi connectivity index (χ3v) is 15.9. The quantitative estimate of drug-likeness (QED) is 0.121. The summed E-state index contributed by atoms with van der Waals surface area (Å²) in [4.78, 5) is 89.7. The highest BCUT2D eigenvalue weighted by atomic mass is 35.5. The second kappa shape index (κ2) is 30.5. The zero-order chi connectivity index (χ0) is 55.0. The number of aliphatic hydroxyl groups is 2. The van der Waals surface area contributed by atoms with Crippen LogP contribution < -0.4 is 5.32 Å². The van der Waals surface area contributed by atoms with Gasteiger partial charge < -0.3 is 48.9 Å². The van der Waals surface area contributed by atoms with E-state index in [1.165, 1.54) is 12.0 Å². The Morgan fingerprint density at radius 2 is 1.64 bits per heavy atom. The second-order valence-electron chi connectivity index (χ2n) is 21.6. The molecule has 3 N–H and O–H groups in total. The van der Waals surface area contributed by atoms with Crippen molar-refractivity contribution in [3.8, 4) is 0 Å². The van der Waals surface area contributed by atoms with Gasteiger partial charge in [-0.3, -0.25) is 24.2 Å². The van der Waals surface area contributed by atoms with Gasteiger partial charge >= 0.3 is 12.1 Å². The van der Waals surface area contributed by atoms with Crippen LogP contribution in [0.5, 0.6) is 0 Å². The number of hydrogen-bond acceptors (Lipinski definition) is 15. The van der Waals surface area contributed by atoms with E-state index in [2.05, 4.69) is 10.3 Å². The zero-order valence-corrected chi connectivity index (χ0v) is 47.2. The minimum Gasteiger partial charge on any atom is -0.460 e. The van der Waals surface area contributed by atoms with E-state index in [0.29, 0.717) is 75.5 Å². The van der Waals surface area contributed by atoms with E-state index in [4.69, 9.17) is 28.4 Å². The number of carbonyl (C=O) groups excluding carboxylic acids is 6. The van der Waals surface area contributed by atoms with Crippen molar-refractivity contribution in [2.45, 2.75) is 187 Å². The van der Waals surface area contributed by atoms with Gasteiger partial charge in [0.05, 0.1) is 30.6 Å². The summed E-state index contributed by atoms with van der Waals surface area (Å²) in [6.07, 6.45) is 11.6. The minimum atomic E-state index is -2.46.